The van der Waals surface area contributed by atoms with E-state index in [0.717, 1.165) is 0 Å². The number of nitrogens with zero attached hydrogens (tertiary/aromatic N) is 3. The van der Waals surface area contributed by atoms with Gasteiger partial charge in [-0.1, -0.05) is 42.0 Å². The van der Waals surface area contributed by atoms with Gasteiger partial charge in [-0.2, -0.15) is 9.97 Å². The van der Waals surface area contributed by atoms with Gasteiger partial charge in [-0.05, 0) is 42.7 Å². The van der Waals surface area contributed by atoms with E-state index in [2.05, 4.69) is 39.7 Å². The van der Waals surface area contributed by atoms with E-state index in [9.17, 15) is 4.79 Å². The molecule has 2 aromatic rings. The van der Waals surface area contributed by atoms with Gasteiger partial charge in [0.2, 0.25) is 5.95 Å². The van der Waals surface area contributed by atoms with Crippen LogP contribution in [0.15, 0.2) is 64.5 Å². The Hall–Kier alpha value is -2.70. The Bertz CT molecular complexity index is 907. The molecular formula is C17H16ClN5O. The zero-order valence-corrected chi connectivity index (χ0v) is 13.8. The largest absolute Gasteiger partial charge is 0.356 e. The summed E-state index contributed by atoms with van der Waals surface area (Å²) in [6, 6.07) is 6.88. The first-order valence-electron chi connectivity index (χ1n) is 7.35. The first-order chi connectivity index (χ1) is 11.6. The monoisotopic (exact) mass is 341 g/mol. The Morgan fingerprint density at radius 1 is 1.21 bits per heavy atom. The second-order valence-electron chi connectivity index (χ2n) is 5.33. The van der Waals surface area contributed by atoms with E-state index in [4.69, 9.17) is 17.4 Å². The van der Waals surface area contributed by atoms with Crippen molar-refractivity contribution < 1.29 is 0 Å². The molecule has 122 valence electrons. The predicted octanol–water partition coefficient (Wildman–Crippen LogP) is 2.69. The summed E-state index contributed by atoms with van der Waals surface area (Å²) < 4.78 is 1.35. The van der Waals surface area contributed by atoms with Crippen molar-refractivity contribution in [3.8, 4) is 5.69 Å². The third-order valence-electron chi connectivity index (χ3n) is 3.61. The predicted molar refractivity (Wildman–Crippen MR) is 95.1 cm³/mol. The smallest absolute Gasteiger partial charge is 0.292 e. The number of halogens is 1. The molecule has 0 amide bonds. The van der Waals surface area contributed by atoms with Gasteiger partial charge < -0.3 is 0 Å². The van der Waals surface area contributed by atoms with E-state index in [1.165, 1.54) is 22.1 Å². The lowest BCUT2D eigenvalue weighted by Crippen LogP contribution is -2.27. The van der Waals surface area contributed by atoms with Gasteiger partial charge in [0.15, 0.2) is 0 Å². The molecule has 0 fully saturated rings. The summed E-state index contributed by atoms with van der Waals surface area (Å²) in [6.45, 7) is 1.69. The van der Waals surface area contributed by atoms with E-state index in [0.29, 0.717) is 16.5 Å². The minimum Gasteiger partial charge on any atom is -0.292 e. The first kappa shape index (κ1) is 16.2. The molecule has 1 heterocycles. The van der Waals surface area contributed by atoms with Crippen LogP contribution in [0.1, 0.15) is 12.2 Å². The van der Waals surface area contributed by atoms with Crippen molar-refractivity contribution in [2.45, 2.75) is 13.3 Å². The molecule has 0 unspecified atom stereocenters. The van der Waals surface area contributed by atoms with Crippen LogP contribution in [-0.4, -0.2) is 14.5 Å². The number of anilines is 1. The number of rotatable bonds is 2. The lowest BCUT2D eigenvalue weighted by molar-refractivity contribution is 0.811. The summed E-state index contributed by atoms with van der Waals surface area (Å²) in [5, 5.41) is 0.537. The Kier molecular flexibility index (Phi) is 4.59. The molecule has 1 aromatic heterocycles. The van der Waals surface area contributed by atoms with Gasteiger partial charge in [0.1, 0.15) is 5.82 Å². The van der Waals surface area contributed by atoms with Crippen molar-refractivity contribution in [2.75, 3.05) is 5.43 Å². The van der Waals surface area contributed by atoms with Crippen LogP contribution in [-0.2, 0) is 0 Å². The zero-order chi connectivity index (χ0) is 17.1. The van der Waals surface area contributed by atoms with Crippen molar-refractivity contribution in [3.63, 3.8) is 0 Å². The van der Waals surface area contributed by atoms with Crippen molar-refractivity contribution in [3.05, 3.63) is 81.0 Å². The molecule has 4 rings (SSSR count). The Labute approximate surface area is 144 Å². The number of aryl methyl sites for hydroxylation is 1. The van der Waals surface area contributed by atoms with Gasteiger partial charge in [-0.15, -0.1) is 0 Å². The number of nitrogen functional groups attached to an aromatic ring is 1. The normalized spacial score (nSPS) is 14.0. The topological polar surface area (TPSA) is 85.8 Å². The summed E-state index contributed by atoms with van der Waals surface area (Å²) in [6.07, 6.45) is 9.90. The van der Waals surface area contributed by atoms with Crippen molar-refractivity contribution in [1.82, 2.24) is 14.5 Å². The van der Waals surface area contributed by atoms with Gasteiger partial charge in [0.05, 0.1) is 5.69 Å². The molecule has 0 aliphatic heterocycles. The number of nitrogens with one attached hydrogen (secondary N) is 1. The van der Waals surface area contributed by atoms with E-state index in [1.54, 1.807) is 31.2 Å². The molecule has 3 N–H and O–H groups in total. The van der Waals surface area contributed by atoms with Crippen LogP contribution in [0.2, 0.25) is 5.02 Å². The van der Waals surface area contributed by atoms with Gasteiger partial charge in [-0.25, -0.2) is 15.2 Å². The van der Waals surface area contributed by atoms with Crippen molar-refractivity contribution in [1.29, 1.82) is 0 Å². The summed E-state index contributed by atoms with van der Waals surface area (Å²) in [5.74, 6) is 5.72. The van der Waals surface area contributed by atoms with Crippen LogP contribution in [0.3, 0.4) is 0 Å². The first-order valence-corrected chi connectivity index (χ1v) is 7.72. The molecule has 2 aliphatic rings. The molecule has 1 aromatic carbocycles. The average molecular weight is 342 g/mol. The third-order valence-corrected chi connectivity index (χ3v) is 3.85. The van der Waals surface area contributed by atoms with Gasteiger partial charge in [-0.3, -0.25) is 5.43 Å². The van der Waals surface area contributed by atoms with Crippen LogP contribution < -0.4 is 17.0 Å². The molecule has 2 aliphatic carbocycles. The van der Waals surface area contributed by atoms with E-state index in [1.807, 2.05) is 0 Å². The number of benzene rings is 1. The maximum Gasteiger partial charge on any atom is 0.356 e. The molecule has 0 atom stereocenters. The molecule has 0 saturated heterocycles. The number of allylic oxidation sites excluding steroid dienone is 6. The fourth-order valence-electron chi connectivity index (χ4n) is 2.49. The van der Waals surface area contributed by atoms with Gasteiger partial charge in [0, 0.05) is 5.02 Å². The number of hydrogen-bond donors (Lipinski definition) is 2. The highest BCUT2D eigenvalue weighted by atomic mass is 35.5. The highest BCUT2D eigenvalue weighted by Gasteiger charge is 2.08. The second kappa shape index (κ2) is 6.82. The maximum absolute atomic E-state index is 11.8. The number of fused-ring (bicyclic) bond motifs is 2. The van der Waals surface area contributed by atoms with Crippen LogP contribution in [0, 0.1) is 6.92 Å². The fraction of sp³-hybridized carbons (Fsp3) is 0.118. The van der Waals surface area contributed by atoms with E-state index < -0.39 is 5.69 Å². The summed E-state index contributed by atoms with van der Waals surface area (Å²) in [4.78, 5) is 19.5. The highest BCUT2D eigenvalue weighted by molar-refractivity contribution is 6.30. The lowest BCUT2D eigenvalue weighted by Gasteiger charge is -2.09. The summed E-state index contributed by atoms with van der Waals surface area (Å²) in [5.41, 5.74) is 5.32. The van der Waals surface area contributed by atoms with Gasteiger partial charge in [0.25, 0.3) is 0 Å². The third kappa shape index (κ3) is 3.45. The van der Waals surface area contributed by atoms with Crippen molar-refractivity contribution >= 4 is 17.5 Å². The Morgan fingerprint density at radius 2 is 1.92 bits per heavy atom. The summed E-state index contributed by atoms with van der Waals surface area (Å²) >= 11 is 5.87. The number of hydrazine groups is 1. The molecule has 0 spiro atoms. The maximum atomic E-state index is 11.8. The summed E-state index contributed by atoms with van der Waals surface area (Å²) in [7, 11) is 0. The molecule has 7 heteroatoms. The molecule has 6 nitrogen and oxygen atoms in total. The molecular weight excluding hydrogens is 326 g/mol. The van der Waals surface area contributed by atoms with Crippen molar-refractivity contribution in [2.24, 2.45) is 5.84 Å². The van der Waals surface area contributed by atoms with Crippen LogP contribution in [0.25, 0.3) is 5.69 Å². The molecule has 24 heavy (non-hydrogen) atoms. The highest BCUT2D eigenvalue weighted by Crippen LogP contribution is 2.27. The second-order valence-corrected chi connectivity index (χ2v) is 5.77. The molecule has 0 saturated carbocycles. The van der Waals surface area contributed by atoms with E-state index >= 15 is 0 Å². The Balaban J connectivity index is 0.000000198. The van der Waals surface area contributed by atoms with E-state index in [-0.39, 0.29) is 5.95 Å². The van der Waals surface area contributed by atoms with Crippen LogP contribution in [0.4, 0.5) is 5.95 Å². The minimum atomic E-state index is -0.465. The molecule has 0 radical (unpaired) electrons. The minimum absolute atomic E-state index is 0.0887. The van der Waals surface area contributed by atoms with Crippen LogP contribution in [0.5, 0.6) is 0 Å². The quantitative estimate of drug-likeness (QED) is 0.648. The Morgan fingerprint density at radius 3 is 2.38 bits per heavy atom. The zero-order valence-electron chi connectivity index (χ0n) is 13.0. The molecule has 2 bridgehead atoms. The fourth-order valence-corrected chi connectivity index (χ4v) is 2.68. The lowest BCUT2D eigenvalue weighted by atomic mass is 10.3. The number of hydrogen-bond acceptors (Lipinski definition) is 5. The standard InChI is InChI=1S/C10H10ClN5O.C7H6/c1-6-13-9(15-12)14-10(17)16(6)8-4-2-3-7(11)5-8;1-2-7-4-3-6(1)5-7/h2-5H,12H2,1H3,(H,14,15,17);1-4H,5H2. The average Bonchev–Trinajstić information content (AvgIpc) is 3.20. The number of nitrogens with two attached hydrogens (primary N) is 1. The number of aromatic nitrogens is 3. The van der Waals surface area contributed by atoms with Crippen LogP contribution >= 0.6 is 11.6 Å². The van der Waals surface area contributed by atoms with Gasteiger partial charge >= 0.3 is 5.69 Å². The SMILES string of the molecule is C1=CC2=CC=C1C2.Cc1nc(NN)nc(=O)n1-c1cccc(Cl)c1.